The first-order valence-corrected chi connectivity index (χ1v) is 8.00. The minimum atomic E-state index is -0.725. The number of benzene rings is 1. The van der Waals surface area contributed by atoms with Crippen LogP contribution in [0.15, 0.2) is 53.8 Å². The fraction of sp³-hybridized carbons (Fsp3) is 0.316. The average molecular weight is 308 g/mol. The van der Waals surface area contributed by atoms with E-state index in [-0.39, 0.29) is 12.0 Å². The Morgan fingerprint density at radius 3 is 2.70 bits per heavy atom. The lowest BCUT2D eigenvalue weighted by molar-refractivity contribution is -0.137. The molecule has 3 rings (SSSR count). The number of hydrogen-bond donors (Lipinski definition) is 1. The fourth-order valence-corrected chi connectivity index (χ4v) is 3.10. The first-order chi connectivity index (χ1) is 11.2. The lowest BCUT2D eigenvalue weighted by Gasteiger charge is -2.24. The van der Waals surface area contributed by atoms with E-state index >= 15 is 0 Å². The van der Waals surface area contributed by atoms with Crippen molar-refractivity contribution in [2.45, 2.75) is 37.6 Å². The molecule has 1 aliphatic heterocycles. The third kappa shape index (κ3) is 3.47. The Labute approximate surface area is 135 Å². The van der Waals surface area contributed by atoms with E-state index in [4.69, 9.17) is 10.1 Å². The summed E-state index contributed by atoms with van der Waals surface area (Å²) in [5.74, 6) is -0.725. The summed E-state index contributed by atoms with van der Waals surface area (Å²) < 4.78 is 0. The molecule has 4 heteroatoms. The number of carboxylic acids is 1. The number of carbonyl (C=O) groups is 1. The van der Waals surface area contributed by atoms with Crippen LogP contribution >= 0.6 is 0 Å². The quantitative estimate of drug-likeness (QED) is 0.799. The lowest BCUT2D eigenvalue weighted by Crippen LogP contribution is -2.20. The minimum Gasteiger partial charge on any atom is -0.481 e. The van der Waals surface area contributed by atoms with E-state index in [0.29, 0.717) is 6.42 Å². The Bertz CT molecular complexity index is 765. The van der Waals surface area contributed by atoms with Crippen LogP contribution in [0, 0.1) is 0 Å². The summed E-state index contributed by atoms with van der Waals surface area (Å²) in [6.45, 7) is 0. The smallest absolute Gasteiger partial charge is 0.303 e. The first-order valence-electron chi connectivity index (χ1n) is 8.00. The molecule has 2 heterocycles. The van der Waals surface area contributed by atoms with Gasteiger partial charge >= 0.3 is 5.97 Å². The van der Waals surface area contributed by atoms with Gasteiger partial charge in [-0.15, -0.1) is 0 Å². The van der Waals surface area contributed by atoms with Gasteiger partial charge in [-0.25, -0.2) is 0 Å². The van der Waals surface area contributed by atoms with Gasteiger partial charge < -0.3 is 5.11 Å². The predicted molar refractivity (Wildman–Crippen MR) is 88.3 cm³/mol. The van der Waals surface area contributed by atoms with E-state index < -0.39 is 5.97 Å². The summed E-state index contributed by atoms with van der Waals surface area (Å²) in [5, 5.41) is 10.9. The molecule has 0 fully saturated rings. The number of aromatic nitrogens is 1. The van der Waals surface area contributed by atoms with Crippen molar-refractivity contribution < 1.29 is 9.90 Å². The fourth-order valence-electron chi connectivity index (χ4n) is 3.10. The maximum Gasteiger partial charge on any atom is 0.303 e. The van der Waals surface area contributed by atoms with Crippen LogP contribution in [0.5, 0.6) is 0 Å². The van der Waals surface area contributed by atoms with Gasteiger partial charge in [-0.1, -0.05) is 37.1 Å². The topological polar surface area (TPSA) is 62.5 Å². The van der Waals surface area contributed by atoms with Crippen molar-refractivity contribution in [2.75, 3.05) is 0 Å². The van der Waals surface area contributed by atoms with Crippen molar-refractivity contribution in [3.63, 3.8) is 0 Å². The van der Waals surface area contributed by atoms with E-state index in [9.17, 15) is 4.79 Å². The highest BCUT2D eigenvalue weighted by molar-refractivity contribution is 5.66. The molecule has 1 aromatic carbocycles. The number of carboxylic acid groups (broad SMARTS) is 1. The van der Waals surface area contributed by atoms with Gasteiger partial charge in [0.2, 0.25) is 0 Å². The zero-order valence-electron chi connectivity index (χ0n) is 13.0. The molecule has 0 radical (unpaired) electrons. The number of aliphatic carboxylic acids is 1. The van der Waals surface area contributed by atoms with Gasteiger partial charge in [0.05, 0.1) is 5.36 Å². The van der Waals surface area contributed by atoms with Crippen molar-refractivity contribution >= 4 is 12.0 Å². The number of hydrogen-bond acceptors (Lipinski definition) is 3. The summed E-state index contributed by atoms with van der Waals surface area (Å²) in [5.41, 5.74) is 0.718. The molecule has 1 aromatic heterocycles. The molecule has 118 valence electrons. The maximum atomic E-state index is 10.6. The molecule has 0 bridgehead atoms. The van der Waals surface area contributed by atoms with Gasteiger partial charge in [-0.3, -0.25) is 14.8 Å². The molecule has 0 saturated carbocycles. The number of para-hydroxylation sites is 1. The predicted octanol–water partition coefficient (Wildman–Crippen LogP) is 2.43. The summed E-state index contributed by atoms with van der Waals surface area (Å²) in [7, 11) is 0. The molecule has 1 N–H and O–H groups in total. The molecule has 4 nitrogen and oxygen atoms in total. The summed E-state index contributed by atoms with van der Waals surface area (Å²) >= 11 is 0. The molecular weight excluding hydrogens is 288 g/mol. The highest BCUT2D eigenvalue weighted by Crippen LogP contribution is 2.34. The molecule has 1 unspecified atom stereocenters. The second kappa shape index (κ2) is 6.73. The normalized spacial score (nSPS) is 18.8. The summed E-state index contributed by atoms with van der Waals surface area (Å²) in [6.07, 6.45) is 9.52. The Morgan fingerprint density at radius 2 is 1.96 bits per heavy atom. The molecule has 0 aliphatic carbocycles. The van der Waals surface area contributed by atoms with Crippen LogP contribution in [0.3, 0.4) is 0 Å². The molecule has 2 aromatic rings. The molecule has 0 amide bonds. The number of rotatable bonds is 7. The van der Waals surface area contributed by atoms with Gasteiger partial charge in [-0.2, -0.15) is 0 Å². The van der Waals surface area contributed by atoms with Crippen molar-refractivity contribution in [3.8, 4) is 0 Å². The second-order valence-corrected chi connectivity index (χ2v) is 5.94. The second-order valence-electron chi connectivity index (χ2n) is 5.94. The molecule has 23 heavy (non-hydrogen) atoms. The monoisotopic (exact) mass is 308 g/mol. The van der Waals surface area contributed by atoms with E-state index in [1.807, 2.05) is 30.5 Å². The number of unbranched alkanes of at least 4 members (excludes halogenated alkanes) is 2. The van der Waals surface area contributed by atoms with Crippen LogP contribution in [-0.2, 0) is 10.3 Å². The van der Waals surface area contributed by atoms with Crippen molar-refractivity contribution in [2.24, 2.45) is 4.99 Å². The highest BCUT2D eigenvalue weighted by Gasteiger charge is 2.31. The average Bonchev–Trinajstić information content (AvgIpc) is 2.95. The van der Waals surface area contributed by atoms with E-state index in [0.717, 1.165) is 35.4 Å². The Kier molecular flexibility index (Phi) is 4.51. The Morgan fingerprint density at radius 1 is 1.09 bits per heavy atom. The molecular formula is C19H20N2O2. The largest absolute Gasteiger partial charge is 0.481 e. The number of nitrogens with zero attached hydrogens (tertiary/aromatic N) is 2. The Hall–Kier alpha value is -2.49. The molecule has 0 spiro atoms. The third-order valence-corrected chi connectivity index (χ3v) is 4.26. The summed E-state index contributed by atoms with van der Waals surface area (Å²) in [4.78, 5) is 19.8. The van der Waals surface area contributed by atoms with Crippen LogP contribution < -0.4 is 10.6 Å². The molecule has 1 atom stereocenters. The van der Waals surface area contributed by atoms with E-state index in [1.165, 1.54) is 0 Å². The Balaban J connectivity index is 1.82. The van der Waals surface area contributed by atoms with Crippen LogP contribution in [0.4, 0.5) is 0 Å². The van der Waals surface area contributed by atoms with Crippen LogP contribution in [-0.4, -0.2) is 16.1 Å². The molecule has 0 saturated heterocycles. The standard InChI is InChI=1S/C19H20N2O2/c22-18(23)10-2-1-5-11-19(16-8-6-12-20-14-16)13-15-7-3-4-9-17(15)21-19/h3-4,6-9,12-14H,1-2,5,10-11H2,(H,22,23). The number of fused-ring (bicyclic) bond motifs is 1. The first kappa shape index (κ1) is 15.4. The zero-order chi connectivity index (χ0) is 16.1. The van der Waals surface area contributed by atoms with Crippen molar-refractivity contribution in [3.05, 3.63) is 64.9 Å². The van der Waals surface area contributed by atoms with Gasteiger partial charge in [0, 0.05) is 24.4 Å². The van der Waals surface area contributed by atoms with Crippen molar-refractivity contribution in [1.29, 1.82) is 0 Å². The van der Waals surface area contributed by atoms with Gasteiger partial charge in [0.1, 0.15) is 5.54 Å². The number of pyridine rings is 1. The highest BCUT2D eigenvalue weighted by atomic mass is 16.4. The van der Waals surface area contributed by atoms with Crippen LogP contribution in [0.25, 0.3) is 6.08 Å². The van der Waals surface area contributed by atoms with Crippen molar-refractivity contribution in [1.82, 2.24) is 4.98 Å². The van der Waals surface area contributed by atoms with Gasteiger partial charge in [-0.05, 0) is 36.3 Å². The SMILES string of the molecule is O=C(O)CCCCCC1(c2cccnc2)C=c2ccccc2=N1. The lowest BCUT2D eigenvalue weighted by atomic mass is 9.86. The summed E-state index contributed by atoms with van der Waals surface area (Å²) in [6, 6.07) is 12.2. The van der Waals surface area contributed by atoms with Crippen LogP contribution in [0.1, 0.15) is 37.7 Å². The van der Waals surface area contributed by atoms with Crippen LogP contribution in [0.2, 0.25) is 0 Å². The van der Waals surface area contributed by atoms with E-state index in [1.54, 1.807) is 6.20 Å². The van der Waals surface area contributed by atoms with Gasteiger partial charge in [0.15, 0.2) is 0 Å². The zero-order valence-corrected chi connectivity index (χ0v) is 13.0. The van der Waals surface area contributed by atoms with E-state index in [2.05, 4.69) is 23.2 Å². The minimum absolute atomic E-state index is 0.237. The molecule has 1 aliphatic rings. The third-order valence-electron chi connectivity index (χ3n) is 4.26. The van der Waals surface area contributed by atoms with Gasteiger partial charge in [0.25, 0.3) is 0 Å². The maximum absolute atomic E-state index is 10.6.